The van der Waals surface area contributed by atoms with Gasteiger partial charge in [-0.2, -0.15) is 0 Å². The Bertz CT molecular complexity index is 368. The molecule has 1 amide bonds. The lowest BCUT2D eigenvalue weighted by atomic mass is 10.0. The van der Waals surface area contributed by atoms with Crippen molar-refractivity contribution in [2.24, 2.45) is 11.7 Å². The molecular weight excluding hydrogens is 226 g/mol. The topological polar surface area (TPSA) is 68.0 Å². The third-order valence-corrected chi connectivity index (χ3v) is 2.38. The molecular formula is C11H16ClN3O. The Kier molecular flexibility index (Phi) is 4.71. The zero-order valence-electron chi connectivity index (χ0n) is 9.40. The van der Waals surface area contributed by atoms with Gasteiger partial charge < -0.3 is 11.1 Å². The SMILES string of the molecule is CC(C)CC(N)C(=O)Nc1cccnc1Cl. The first-order valence-electron chi connectivity index (χ1n) is 5.17. The molecule has 4 nitrogen and oxygen atoms in total. The number of pyridine rings is 1. The molecule has 1 rings (SSSR count). The number of aromatic nitrogens is 1. The van der Waals surface area contributed by atoms with E-state index in [4.69, 9.17) is 17.3 Å². The Morgan fingerprint density at radius 3 is 2.88 bits per heavy atom. The number of carbonyl (C=O) groups is 1. The van der Waals surface area contributed by atoms with Gasteiger partial charge in [0.2, 0.25) is 5.91 Å². The number of nitrogens with zero attached hydrogens (tertiary/aromatic N) is 1. The van der Waals surface area contributed by atoms with Gasteiger partial charge in [-0.05, 0) is 24.5 Å². The average Bonchev–Trinajstić information content (AvgIpc) is 2.20. The van der Waals surface area contributed by atoms with Crippen molar-refractivity contribution in [1.82, 2.24) is 4.98 Å². The van der Waals surface area contributed by atoms with Crippen LogP contribution >= 0.6 is 11.6 Å². The second-order valence-corrected chi connectivity index (χ2v) is 4.43. The number of halogens is 1. The first-order valence-corrected chi connectivity index (χ1v) is 5.55. The van der Waals surface area contributed by atoms with Crippen LogP contribution in [0.2, 0.25) is 5.15 Å². The number of amides is 1. The molecule has 3 N–H and O–H groups in total. The number of hydrogen-bond acceptors (Lipinski definition) is 3. The average molecular weight is 242 g/mol. The predicted octanol–water partition coefficient (Wildman–Crippen LogP) is 2.05. The van der Waals surface area contributed by atoms with Crippen molar-refractivity contribution in [3.05, 3.63) is 23.5 Å². The highest BCUT2D eigenvalue weighted by Gasteiger charge is 2.16. The van der Waals surface area contributed by atoms with Gasteiger partial charge in [0.1, 0.15) is 0 Å². The summed E-state index contributed by atoms with van der Waals surface area (Å²) in [5.41, 5.74) is 6.23. The van der Waals surface area contributed by atoms with Gasteiger partial charge in [0.15, 0.2) is 5.15 Å². The van der Waals surface area contributed by atoms with E-state index in [9.17, 15) is 4.79 Å². The summed E-state index contributed by atoms with van der Waals surface area (Å²) >= 11 is 5.81. The Labute approximate surface area is 100 Å². The minimum Gasteiger partial charge on any atom is -0.322 e. The molecule has 1 aromatic heterocycles. The fourth-order valence-electron chi connectivity index (χ4n) is 1.32. The van der Waals surface area contributed by atoms with Crippen LogP contribution in [0, 0.1) is 5.92 Å². The van der Waals surface area contributed by atoms with Crippen molar-refractivity contribution in [3.63, 3.8) is 0 Å². The van der Waals surface area contributed by atoms with E-state index < -0.39 is 6.04 Å². The molecule has 1 heterocycles. The molecule has 5 heteroatoms. The second-order valence-electron chi connectivity index (χ2n) is 4.07. The lowest BCUT2D eigenvalue weighted by Gasteiger charge is -2.14. The van der Waals surface area contributed by atoms with Crippen molar-refractivity contribution < 1.29 is 4.79 Å². The van der Waals surface area contributed by atoms with Crippen molar-refractivity contribution >= 4 is 23.2 Å². The highest BCUT2D eigenvalue weighted by molar-refractivity contribution is 6.32. The van der Waals surface area contributed by atoms with Gasteiger partial charge in [0.05, 0.1) is 11.7 Å². The van der Waals surface area contributed by atoms with E-state index in [-0.39, 0.29) is 11.1 Å². The predicted molar refractivity (Wildman–Crippen MR) is 65.3 cm³/mol. The Balaban J connectivity index is 2.61. The van der Waals surface area contributed by atoms with Gasteiger partial charge in [-0.15, -0.1) is 0 Å². The molecule has 0 saturated heterocycles. The van der Waals surface area contributed by atoms with E-state index in [0.717, 1.165) is 0 Å². The maximum absolute atomic E-state index is 11.7. The largest absolute Gasteiger partial charge is 0.322 e. The molecule has 0 aliphatic heterocycles. The van der Waals surface area contributed by atoms with Crippen molar-refractivity contribution in [2.75, 3.05) is 5.32 Å². The summed E-state index contributed by atoms with van der Waals surface area (Å²) < 4.78 is 0. The van der Waals surface area contributed by atoms with Crippen LogP contribution in [0.1, 0.15) is 20.3 Å². The van der Waals surface area contributed by atoms with Crippen molar-refractivity contribution in [3.8, 4) is 0 Å². The van der Waals surface area contributed by atoms with Crippen LogP contribution in [0.25, 0.3) is 0 Å². The molecule has 0 fully saturated rings. The Hall–Kier alpha value is -1.13. The van der Waals surface area contributed by atoms with E-state index in [1.807, 2.05) is 13.8 Å². The molecule has 1 unspecified atom stereocenters. The summed E-state index contributed by atoms with van der Waals surface area (Å²) in [4.78, 5) is 15.5. The number of nitrogens with one attached hydrogen (secondary N) is 1. The Morgan fingerprint density at radius 2 is 2.31 bits per heavy atom. The van der Waals surface area contributed by atoms with E-state index in [1.165, 1.54) is 0 Å². The number of hydrogen-bond donors (Lipinski definition) is 2. The molecule has 0 bridgehead atoms. The van der Waals surface area contributed by atoms with Crippen LogP contribution in [0.5, 0.6) is 0 Å². The van der Waals surface area contributed by atoms with Gasteiger partial charge in [-0.25, -0.2) is 4.98 Å². The lowest BCUT2D eigenvalue weighted by molar-refractivity contribution is -0.117. The summed E-state index contributed by atoms with van der Waals surface area (Å²) in [7, 11) is 0. The fourth-order valence-corrected chi connectivity index (χ4v) is 1.49. The first kappa shape index (κ1) is 12.9. The fraction of sp³-hybridized carbons (Fsp3) is 0.455. The van der Waals surface area contributed by atoms with Gasteiger partial charge >= 0.3 is 0 Å². The van der Waals surface area contributed by atoms with Crippen LogP contribution in [0.3, 0.4) is 0 Å². The minimum absolute atomic E-state index is 0.233. The molecule has 16 heavy (non-hydrogen) atoms. The quantitative estimate of drug-likeness (QED) is 0.793. The highest BCUT2D eigenvalue weighted by Crippen LogP contribution is 2.17. The van der Waals surface area contributed by atoms with Crippen LogP contribution < -0.4 is 11.1 Å². The highest BCUT2D eigenvalue weighted by atomic mass is 35.5. The van der Waals surface area contributed by atoms with Crippen LogP contribution in [0.15, 0.2) is 18.3 Å². The molecule has 0 spiro atoms. The minimum atomic E-state index is -0.517. The van der Waals surface area contributed by atoms with Crippen molar-refractivity contribution in [1.29, 1.82) is 0 Å². The molecule has 0 saturated carbocycles. The zero-order valence-corrected chi connectivity index (χ0v) is 10.2. The monoisotopic (exact) mass is 241 g/mol. The third kappa shape index (κ3) is 3.79. The lowest BCUT2D eigenvalue weighted by Crippen LogP contribution is -2.36. The summed E-state index contributed by atoms with van der Waals surface area (Å²) in [6.45, 7) is 4.04. The van der Waals surface area contributed by atoms with Crippen LogP contribution in [-0.2, 0) is 4.79 Å². The number of rotatable bonds is 4. The molecule has 0 radical (unpaired) electrons. The third-order valence-electron chi connectivity index (χ3n) is 2.08. The van der Waals surface area contributed by atoms with Crippen LogP contribution in [0.4, 0.5) is 5.69 Å². The molecule has 0 aromatic carbocycles. The summed E-state index contributed by atoms with van der Waals surface area (Å²) in [6.07, 6.45) is 2.20. The molecule has 0 aliphatic rings. The Morgan fingerprint density at radius 1 is 1.62 bits per heavy atom. The molecule has 1 atom stereocenters. The van der Waals surface area contributed by atoms with E-state index in [2.05, 4.69) is 10.3 Å². The van der Waals surface area contributed by atoms with Crippen LogP contribution in [-0.4, -0.2) is 16.9 Å². The van der Waals surface area contributed by atoms with E-state index in [0.29, 0.717) is 18.0 Å². The maximum Gasteiger partial charge on any atom is 0.241 e. The molecule has 1 aromatic rings. The number of carbonyl (C=O) groups excluding carboxylic acids is 1. The van der Waals surface area contributed by atoms with Crippen molar-refractivity contribution in [2.45, 2.75) is 26.3 Å². The van der Waals surface area contributed by atoms with Gasteiger partial charge in [0.25, 0.3) is 0 Å². The van der Waals surface area contributed by atoms with E-state index >= 15 is 0 Å². The number of anilines is 1. The normalized spacial score (nSPS) is 12.6. The summed E-state index contributed by atoms with van der Waals surface area (Å²) in [5, 5.41) is 2.93. The molecule has 0 aliphatic carbocycles. The summed E-state index contributed by atoms with van der Waals surface area (Å²) in [6, 6.07) is 2.88. The first-order chi connectivity index (χ1) is 7.50. The van der Waals surface area contributed by atoms with Gasteiger partial charge in [-0.1, -0.05) is 25.4 Å². The number of nitrogens with two attached hydrogens (primary N) is 1. The van der Waals surface area contributed by atoms with Gasteiger partial charge in [-0.3, -0.25) is 4.79 Å². The molecule has 88 valence electrons. The van der Waals surface area contributed by atoms with E-state index in [1.54, 1.807) is 18.3 Å². The zero-order chi connectivity index (χ0) is 12.1. The standard InChI is InChI=1S/C11H16ClN3O/c1-7(2)6-8(13)11(16)15-9-4-3-5-14-10(9)12/h3-5,7-8H,6,13H2,1-2H3,(H,15,16). The maximum atomic E-state index is 11.7. The smallest absolute Gasteiger partial charge is 0.241 e. The van der Waals surface area contributed by atoms with Gasteiger partial charge in [0, 0.05) is 6.20 Å². The second kappa shape index (κ2) is 5.82. The summed E-state index contributed by atoms with van der Waals surface area (Å²) in [5.74, 6) is 0.147.